The van der Waals surface area contributed by atoms with Crippen molar-refractivity contribution in [2.45, 2.75) is 83.6 Å². The number of carboxylic acids is 2. The normalized spacial score (nSPS) is 15.5. The van der Waals surface area contributed by atoms with Crippen molar-refractivity contribution in [1.82, 2.24) is 0 Å². The summed E-state index contributed by atoms with van der Waals surface area (Å²) in [7, 11) is 20.8. The van der Waals surface area contributed by atoms with E-state index in [4.69, 9.17) is 4.74 Å². The molecule has 0 saturated carbocycles. The second kappa shape index (κ2) is 43.5. The standard InChI is InChI=1S/C24H36N3.C22H26N2O4.C19H22N2O2.C18H20N3O.3Cs.H2O/c1-6-27(7-2,8-3)18-17-25(4)22-15-13-20(14-16-22)24-19-21-11-9-10-12-23(21)26(24)5;1-23(13-14-28-22(27)12-11-21(25)26)18-9-7-16(8-10-18)20-15-17-5-3-4-6-19(17)24(20)2;1-20(12-11-19(22)23)16-9-7-14(8-10-16)18-13-15-5-3-4-6-17(15)21(18)2;1-19(2)15-8-6-14(7-9-15)18-20(3)16-10-5-13(12-22)11-17(16)21(18)4;;;;/h9-16,24H,6-8,17-19H2,1-5H3;3-10,20H,11-15H2,1-2H3,(H,25,26);3-10,18H,11-13H2,1-2H3,(H,22,23);5-11,18H,1-4H3;;;;1H2/q+1;;;-1;3*+1;/p-3. The van der Waals surface area contributed by atoms with Gasteiger partial charge < -0.3 is 83.4 Å². The summed E-state index contributed by atoms with van der Waals surface area (Å²) < 4.78 is 6.26. The van der Waals surface area contributed by atoms with Crippen LogP contribution >= 0.6 is 0 Å². The van der Waals surface area contributed by atoms with Crippen LogP contribution in [0.1, 0.15) is 109 Å². The van der Waals surface area contributed by atoms with Crippen molar-refractivity contribution in [2.24, 2.45) is 0 Å². The number of ether oxygens (including phenoxy) is 1. The molecule has 0 spiro atoms. The second-order valence-electron chi connectivity index (χ2n) is 27.0. The Kier molecular flexibility index (Phi) is 37.9. The van der Waals surface area contributed by atoms with Crippen molar-refractivity contribution in [1.29, 1.82) is 0 Å². The largest absolute Gasteiger partial charge is 1.00 e. The van der Waals surface area contributed by atoms with E-state index in [-0.39, 0.29) is 244 Å². The number of nitrogens with zero attached hydrogens (tertiary/aromatic N) is 10. The molecule has 0 saturated heterocycles. The van der Waals surface area contributed by atoms with E-state index in [1.54, 1.807) is 0 Å². The molecule has 18 nitrogen and oxygen atoms in total. The molecule has 12 rings (SSSR count). The number of esters is 1. The number of fused-ring (bicyclic) bond motifs is 4. The Morgan fingerprint density at radius 2 is 0.808 bits per heavy atom. The predicted octanol–water partition coefficient (Wildman–Crippen LogP) is 2.29. The molecule has 8 aromatic rings. The Hall–Kier alpha value is -3.88. The zero-order chi connectivity index (χ0) is 71.8. The first-order valence-electron chi connectivity index (χ1n) is 35.1. The smallest absolute Gasteiger partial charge is 0.870 e. The maximum Gasteiger partial charge on any atom is 1.00 e. The Morgan fingerprint density at radius 1 is 0.442 bits per heavy atom. The molecular formula is C83H103Cs3N10O8. The number of likely N-dealkylation sites (N-methyl/N-ethyl adjacent to an activating group) is 6. The third-order valence-corrected chi connectivity index (χ3v) is 21.0. The van der Waals surface area contributed by atoms with Gasteiger partial charge in [0.05, 0.1) is 70.1 Å². The van der Waals surface area contributed by atoms with Gasteiger partial charge in [0, 0.05) is 147 Å². The van der Waals surface area contributed by atoms with Crippen LogP contribution in [0.15, 0.2) is 188 Å². The topological polar surface area (TPSA) is 183 Å². The summed E-state index contributed by atoms with van der Waals surface area (Å²) in [5.74, 6) is -2.78. The number of anilines is 9. The zero-order valence-electron chi connectivity index (χ0n) is 64.4. The molecule has 0 bridgehead atoms. The molecule has 0 amide bonds. The SMILES string of the molecule is CC[N+](CC)(CC)CCN(C)c1ccc(C2Cc3ccccc3N2C)cc1.CN(C)c1ccc(C2N(C)c3ccc([C-]=O)cc3N2C)cc1.CN(CCC(=O)[O-])c1ccc(C2Cc3ccccc3N2C)cc1.CN(CCOC(=O)CCC(=O)[O-])c1ccc(C2Cc3ccccc3N2C)cc1.[Cs+].[Cs+].[Cs+].[OH-]. The van der Waals surface area contributed by atoms with Gasteiger partial charge in [-0.1, -0.05) is 109 Å². The number of benzene rings is 8. The van der Waals surface area contributed by atoms with Crippen molar-refractivity contribution in [3.8, 4) is 0 Å². The van der Waals surface area contributed by atoms with Gasteiger partial charge in [-0.2, -0.15) is 6.07 Å². The van der Waals surface area contributed by atoms with Crippen LogP contribution < -0.4 is 261 Å². The average Bonchev–Trinajstić information content (AvgIpc) is 1.62. The van der Waals surface area contributed by atoms with E-state index in [0.717, 1.165) is 48.6 Å². The minimum Gasteiger partial charge on any atom is -0.870 e. The number of aliphatic carboxylic acids is 2. The monoisotopic (exact) mass is 1770 g/mol. The van der Waals surface area contributed by atoms with Crippen LogP contribution in [0.3, 0.4) is 0 Å². The molecule has 4 unspecified atom stereocenters. The molecule has 4 heterocycles. The number of carbonyl (C=O) groups excluding carboxylic acids is 4. The van der Waals surface area contributed by atoms with Crippen LogP contribution in [-0.2, 0) is 43.2 Å². The van der Waals surface area contributed by atoms with E-state index in [0.29, 0.717) is 36.8 Å². The summed E-state index contributed by atoms with van der Waals surface area (Å²) in [6, 6.07) is 67.3. The van der Waals surface area contributed by atoms with Crippen LogP contribution in [0.25, 0.3) is 0 Å². The van der Waals surface area contributed by atoms with Gasteiger partial charge in [-0.15, -0.1) is 11.6 Å². The molecule has 0 aromatic heterocycles. The number of rotatable bonds is 24. The second-order valence-corrected chi connectivity index (χ2v) is 27.0. The van der Waals surface area contributed by atoms with E-state index in [1.165, 1.54) is 98.0 Å². The number of para-hydroxylation sites is 3. The Labute approximate surface area is 795 Å². The van der Waals surface area contributed by atoms with Crippen LogP contribution in [0.2, 0.25) is 0 Å². The van der Waals surface area contributed by atoms with Crippen LogP contribution in [0.4, 0.5) is 51.2 Å². The fraction of sp³-hybridized carbons (Fsp3) is 0.373. The quantitative estimate of drug-likeness (QED) is 0.0488. The maximum absolute atomic E-state index is 11.4. The van der Waals surface area contributed by atoms with E-state index in [1.807, 2.05) is 62.5 Å². The van der Waals surface area contributed by atoms with Gasteiger partial charge in [0.1, 0.15) is 12.8 Å². The summed E-state index contributed by atoms with van der Waals surface area (Å²) in [6.07, 6.45) is 4.80. The molecule has 1 N–H and O–H groups in total. The molecule has 104 heavy (non-hydrogen) atoms. The summed E-state index contributed by atoms with van der Waals surface area (Å²) in [4.78, 5) is 63.2. The number of hydrogen-bond acceptors (Lipinski definition) is 17. The van der Waals surface area contributed by atoms with Crippen LogP contribution in [0, 0.1) is 0 Å². The van der Waals surface area contributed by atoms with E-state index < -0.39 is 17.9 Å². The van der Waals surface area contributed by atoms with E-state index in [9.17, 15) is 29.4 Å². The summed E-state index contributed by atoms with van der Waals surface area (Å²) >= 11 is 0. The Bertz CT molecular complexity index is 4010. The van der Waals surface area contributed by atoms with E-state index >= 15 is 0 Å². The van der Waals surface area contributed by atoms with Crippen molar-refractivity contribution >= 4 is 75.4 Å². The van der Waals surface area contributed by atoms with Crippen molar-refractivity contribution in [2.75, 3.05) is 167 Å². The summed E-state index contributed by atoms with van der Waals surface area (Å²) in [5.41, 5.74) is 20.7. The number of carboxylic acid groups (broad SMARTS) is 2. The minimum atomic E-state index is -1.25. The van der Waals surface area contributed by atoms with Gasteiger partial charge in [-0.05, 0) is 152 Å². The number of hydrogen-bond donors (Lipinski definition) is 0. The van der Waals surface area contributed by atoms with Gasteiger partial charge >= 0.3 is 213 Å². The number of carbonyl (C=O) groups is 3. The third-order valence-electron chi connectivity index (χ3n) is 21.0. The first-order chi connectivity index (χ1) is 48.1. The van der Waals surface area contributed by atoms with Gasteiger partial charge in [0.2, 0.25) is 0 Å². The molecule has 0 aliphatic carbocycles. The van der Waals surface area contributed by atoms with Gasteiger partial charge in [0.25, 0.3) is 0 Å². The molecule has 4 aliphatic rings. The molecular weight excluding hydrogens is 1660 g/mol. The van der Waals surface area contributed by atoms with Crippen molar-refractivity contribution in [3.63, 3.8) is 0 Å². The van der Waals surface area contributed by atoms with Gasteiger partial charge in [-0.3, -0.25) is 4.79 Å². The molecule has 21 heteroatoms. The molecule has 4 atom stereocenters. The van der Waals surface area contributed by atoms with E-state index in [2.05, 4.69) is 267 Å². The Balaban J connectivity index is 0.000000247. The zero-order valence-corrected chi connectivity index (χ0v) is 83.2. The fourth-order valence-electron chi connectivity index (χ4n) is 14.3. The first kappa shape index (κ1) is 90.7. The first-order valence-corrected chi connectivity index (χ1v) is 35.1. The molecule has 0 radical (unpaired) electrons. The van der Waals surface area contributed by atoms with Crippen LogP contribution in [0.5, 0.6) is 0 Å². The van der Waals surface area contributed by atoms with Gasteiger partial charge in [-0.25, -0.2) is 0 Å². The average molecular weight is 1770 g/mol. The summed E-state index contributed by atoms with van der Waals surface area (Å²) in [5, 5.41) is 20.9. The molecule has 0 fully saturated rings. The molecule has 8 aromatic carbocycles. The minimum absolute atomic E-state index is 0. The maximum atomic E-state index is 11.4. The van der Waals surface area contributed by atoms with Gasteiger partial charge in [0.15, 0.2) is 0 Å². The Morgan fingerprint density at radius 3 is 1.18 bits per heavy atom. The number of quaternary nitrogens is 1. The molecule has 536 valence electrons. The van der Waals surface area contributed by atoms with Crippen molar-refractivity contribution in [3.05, 3.63) is 233 Å². The summed E-state index contributed by atoms with van der Waals surface area (Å²) in [6.45, 7) is 14.1. The third kappa shape index (κ3) is 23.3. The van der Waals surface area contributed by atoms with Crippen molar-refractivity contribution < 1.29 is 251 Å². The van der Waals surface area contributed by atoms with Crippen LogP contribution in [-0.4, -0.2) is 157 Å². The predicted molar refractivity (Wildman–Crippen MR) is 408 cm³/mol. The molecule has 4 aliphatic heterocycles. The fourth-order valence-corrected chi connectivity index (χ4v) is 14.3.